The second-order valence-electron chi connectivity index (χ2n) is 5.23. The lowest BCUT2D eigenvalue weighted by atomic mass is 9.91. The Kier molecular flexibility index (Phi) is 5.55. The Morgan fingerprint density at radius 2 is 1.78 bits per heavy atom. The number of methoxy groups -OCH3 is 1. The quantitative estimate of drug-likeness (QED) is 0.857. The highest BCUT2D eigenvalue weighted by molar-refractivity contribution is 6.32. The molecule has 0 heterocycles. The van der Waals surface area contributed by atoms with Gasteiger partial charge in [-0.3, -0.25) is 0 Å². The van der Waals surface area contributed by atoms with Crippen LogP contribution >= 0.6 is 11.6 Å². The highest BCUT2D eigenvalue weighted by atomic mass is 35.5. The molecule has 0 radical (unpaired) electrons. The summed E-state index contributed by atoms with van der Waals surface area (Å²) in [4.78, 5) is 0. The molecule has 0 saturated carbocycles. The molecule has 2 aromatic carbocycles. The van der Waals surface area contributed by atoms with Crippen molar-refractivity contribution in [2.24, 2.45) is 5.73 Å². The van der Waals surface area contributed by atoms with E-state index in [9.17, 15) is 13.2 Å². The fourth-order valence-corrected chi connectivity index (χ4v) is 2.65. The summed E-state index contributed by atoms with van der Waals surface area (Å²) in [5.41, 5.74) is 6.88. The molecule has 1 atom stereocenters. The number of rotatable bonds is 5. The van der Waals surface area contributed by atoms with E-state index in [1.165, 1.54) is 19.2 Å². The summed E-state index contributed by atoms with van der Waals surface area (Å²) in [7, 11) is 1.53. The van der Waals surface area contributed by atoms with Crippen LogP contribution < -0.4 is 10.5 Å². The maximum absolute atomic E-state index is 12.6. The fraction of sp³-hybridized carbons (Fsp3) is 0.294. The van der Waals surface area contributed by atoms with Crippen molar-refractivity contribution in [2.45, 2.75) is 18.5 Å². The molecule has 2 aromatic rings. The minimum absolute atomic E-state index is 0.0323. The molecular weight excluding hydrogens is 327 g/mol. The van der Waals surface area contributed by atoms with Crippen LogP contribution in [0.1, 0.15) is 22.6 Å². The smallest absolute Gasteiger partial charge is 0.416 e. The molecule has 0 fully saturated rings. The summed E-state index contributed by atoms with van der Waals surface area (Å²) >= 11 is 6.11. The Balaban J connectivity index is 2.17. The average Bonchev–Trinajstić information content (AvgIpc) is 2.52. The molecule has 0 aliphatic rings. The van der Waals surface area contributed by atoms with Crippen LogP contribution in [-0.2, 0) is 12.6 Å². The van der Waals surface area contributed by atoms with Gasteiger partial charge in [0.15, 0.2) is 0 Å². The number of nitrogens with two attached hydrogens (primary N) is 1. The zero-order valence-electron chi connectivity index (χ0n) is 12.5. The van der Waals surface area contributed by atoms with Crippen LogP contribution in [0.3, 0.4) is 0 Å². The second kappa shape index (κ2) is 7.23. The van der Waals surface area contributed by atoms with E-state index in [2.05, 4.69) is 0 Å². The lowest BCUT2D eigenvalue weighted by Gasteiger charge is -2.17. The maximum Gasteiger partial charge on any atom is 0.416 e. The van der Waals surface area contributed by atoms with Gasteiger partial charge in [0.05, 0.1) is 17.7 Å². The van der Waals surface area contributed by atoms with Crippen LogP contribution in [0.25, 0.3) is 0 Å². The summed E-state index contributed by atoms with van der Waals surface area (Å²) in [5, 5.41) is 0.482. The van der Waals surface area contributed by atoms with E-state index in [1.807, 2.05) is 6.07 Å². The average molecular weight is 344 g/mol. The van der Waals surface area contributed by atoms with Crippen molar-refractivity contribution in [3.8, 4) is 5.75 Å². The van der Waals surface area contributed by atoms with E-state index in [-0.39, 0.29) is 5.92 Å². The molecule has 23 heavy (non-hydrogen) atoms. The van der Waals surface area contributed by atoms with Crippen LogP contribution in [0.5, 0.6) is 5.75 Å². The fourth-order valence-electron chi connectivity index (χ4n) is 2.39. The van der Waals surface area contributed by atoms with Gasteiger partial charge in [0.2, 0.25) is 0 Å². The van der Waals surface area contributed by atoms with E-state index < -0.39 is 11.7 Å². The third kappa shape index (κ3) is 4.39. The highest BCUT2D eigenvalue weighted by Crippen LogP contribution is 2.31. The largest absolute Gasteiger partial charge is 0.495 e. The monoisotopic (exact) mass is 343 g/mol. The van der Waals surface area contributed by atoms with Gasteiger partial charge >= 0.3 is 6.18 Å². The number of alkyl halides is 3. The Hall–Kier alpha value is -1.72. The SMILES string of the molecule is COc1ccc(C(CN)Cc2ccc(C(F)(F)F)cc2)cc1Cl. The van der Waals surface area contributed by atoms with Crippen LogP contribution in [0.15, 0.2) is 42.5 Å². The van der Waals surface area contributed by atoms with Crippen molar-refractivity contribution >= 4 is 11.6 Å². The summed E-state index contributed by atoms with van der Waals surface area (Å²) in [6.07, 6.45) is -3.79. The molecule has 0 saturated heterocycles. The van der Waals surface area contributed by atoms with E-state index in [0.29, 0.717) is 23.7 Å². The zero-order valence-corrected chi connectivity index (χ0v) is 13.3. The van der Waals surface area contributed by atoms with E-state index in [1.54, 1.807) is 12.1 Å². The Morgan fingerprint density at radius 1 is 1.13 bits per heavy atom. The van der Waals surface area contributed by atoms with Crippen molar-refractivity contribution in [2.75, 3.05) is 13.7 Å². The molecule has 2 nitrogen and oxygen atoms in total. The maximum atomic E-state index is 12.6. The first-order valence-electron chi connectivity index (χ1n) is 7.04. The van der Waals surface area contributed by atoms with Crippen molar-refractivity contribution < 1.29 is 17.9 Å². The summed E-state index contributed by atoms with van der Waals surface area (Å²) < 4.78 is 42.9. The number of halogens is 4. The molecule has 0 aliphatic heterocycles. The normalized spacial score (nSPS) is 13.0. The van der Waals surface area contributed by atoms with Gasteiger partial charge in [-0.2, -0.15) is 13.2 Å². The minimum Gasteiger partial charge on any atom is -0.495 e. The molecule has 6 heteroatoms. The summed E-state index contributed by atoms with van der Waals surface area (Å²) in [6, 6.07) is 10.5. The van der Waals surface area contributed by atoms with Crippen LogP contribution in [0.4, 0.5) is 13.2 Å². The zero-order chi connectivity index (χ0) is 17.0. The van der Waals surface area contributed by atoms with Crippen LogP contribution in [0.2, 0.25) is 5.02 Å². The summed E-state index contributed by atoms with van der Waals surface area (Å²) in [5.74, 6) is 0.538. The molecular formula is C17H17ClF3NO. The minimum atomic E-state index is -4.32. The van der Waals surface area contributed by atoms with Crippen LogP contribution in [0, 0.1) is 0 Å². The Morgan fingerprint density at radius 3 is 2.26 bits per heavy atom. The van der Waals surface area contributed by atoms with Crippen LogP contribution in [-0.4, -0.2) is 13.7 Å². The Bertz CT molecular complexity index is 656. The van der Waals surface area contributed by atoms with Gasteiger partial charge in [0.25, 0.3) is 0 Å². The predicted octanol–water partition coefficient (Wildman–Crippen LogP) is 4.65. The van der Waals surface area contributed by atoms with Gasteiger partial charge in [-0.05, 0) is 48.4 Å². The molecule has 0 spiro atoms. The molecule has 2 N–H and O–H groups in total. The predicted molar refractivity (Wildman–Crippen MR) is 84.9 cm³/mol. The van der Waals surface area contributed by atoms with Gasteiger partial charge in [-0.1, -0.05) is 29.8 Å². The molecule has 124 valence electrons. The van der Waals surface area contributed by atoms with Crippen molar-refractivity contribution in [1.82, 2.24) is 0 Å². The first kappa shape index (κ1) is 17.6. The number of benzene rings is 2. The van der Waals surface area contributed by atoms with E-state index in [0.717, 1.165) is 23.3 Å². The van der Waals surface area contributed by atoms with Gasteiger partial charge in [-0.25, -0.2) is 0 Å². The van der Waals surface area contributed by atoms with Crippen molar-refractivity contribution in [1.29, 1.82) is 0 Å². The molecule has 0 bridgehead atoms. The van der Waals surface area contributed by atoms with Crippen molar-refractivity contribution in [3.63, 3.8) is 0 Å². The summed E-state index contributed by atoms with van der Waals surface area (Å²) in [6.45, 7) is 0.365. The second-order valence-corrected chi connectivity index (χ2v) is 5.63. The molecule has 0 amide bonds. The third-order valence-electron chi connectivity index (χ3n) is 3.70. The van der Waals surface area contributed by atoms with Gasteiger partial charge in [0.1, 0.15) is 5.75 Å². The van der Waals surface area contributed by atoms with E-state index >= 15 is 0 Å². The standard InChI is InChI=1S/C17H17ClF3NO/c1-23-16-7-4-12(9-15(16)18)13(10-22)8-11-2-5-14(6-3-11)17(19,20)21/h2-7,9,13H,8,10,22H2,1H3. The number of hydrogen-bond donors (Lipinski definition) is 1. The van der Waals surface area contributed by atoms with E-state index in [4.69, 9.17) is 22.1 Å². The third-order valence-corrected chi connectivity index (χ3v) is 3.99. The molecule has 1 unspecified atom stereocenters. The van der Waals surface area contributed by atoms with Gasteiger partial charge in [0, 0.05) is 5.92 Å². The van der Waals surface area contributed by atoms with Gasteiger partial charge in [-0.15, -0.1) is 0 Å². The number of hydrogen-bond acceptors (Lipinski definition) is 2. The molecule has 0 aliphatic carbocycles. The highest BCUT2D eigenvalue weighted by Gasteiger charge is 2.30. The van der Waals surface area contributed by atoms with Gasteiger partial charge < -0.3 is 10.5 Å². The Labute approximate surface area is 138 Å². The first-order valence-corrected chi connectivity index (χ1v) is 7.42. The molecule has 2 rings (SSSR count). The molecule has 0 aromatic heterocycles. The topological polar surface area (TPSA) is 35.2 Å². The lowest BCUT2D eigenvalue weighted by Crippen LogP contribution is -2.15. The van der Waals surface area contributed by atoms with Crippen molar-refractivity contribution in [3.05, 3.63) is 64.2 Å². The lowest BCUT2D eigenvalue weighted by molar-refractivity contribution is -0.137. The first-order chi connectivity index (χ1) is 10.8. The number of ether oxygens (including phenoxy) is 1.